The number of halogens is 2. The molecule has 0 aromatic heterocycles. The summed E-state index contributed by atoms with van der Waals surface area (Å²) in [4.78, 5) is 28.9. The molecule has 2 saturated heterocycles. The minimum Gasteiger partial charge on any atom is -0.497 e. The van der Waals surface area contributed by atoms with Crippen molar-refractivity contribution in [3.8, 4) is 5.75 Å². The van der Waals surface area contributed by atoms with Crippen LogP contribution in [0.2, 0.25) is 0 Å². The first-order valence-corrected chi connectivity index (χ1v) is 10.2. The van der Waals surface area contributed by atoms with E-state index in [4.69, 9.17) is 9.47 Å². The number of carbonyl (C=O) groups is 2. The first-order chi connectivity index (χ1) is 14.9. The lowest BCUT2D eigenvalue weighted by Crippen LogP contribution is -2.45. The Balaban J connectivity index is 1.38. The first-order valence-electron chi connectivity index (χ1n) is 10.2. The Kier molecular flexibility index (Phi) is 6.18. The molecule has 164 valence electrons. The quantitative estimate of drug-likeness (QED) is 0.732. The summed E-state index contributed by atoms with van der Waals surface area (Å²) in [5, 5.41) is 0. The number of methoxy groups -OCH3 is 1. The van der Waals surface area contributed by atoms with E-state index in [1.54, 1.807) is 16.9 Å². The highest BCUT2D eigenvalue weighted by molar-refractivity contribution is 5.89. The van der Waals surface area contributed by atoms with E-state index >= 15 is 0 Å². The van der Waals surface area contributed by atoms with Crippen molar-refractivity contribution >= 4 is 11.8 Å². The predicted octanol–water partition coefficient (Wildman–Crippen LogP) is 2.92. The monoisotopic (exact) mass is 430 g/mol. The summed E-state index contributed by atoms with van der Waals surface area (Å²) in [6.45, 7) is 1.74. The molecule has 8 heteroatoms. The van der Waals surface area contributed by atoms with Crippen LogP contribution in [0.3, 0.4) is 0 Å². The van der Waals surface area contributed by atoms with E-state index < -0.39 is 23.7 Å². The van der Waals surface area contributed by atoms with E-state index in [1.165, 1.54) is 6.07 Å². The number of hydrogen-bond acceptors (Lipinski definition) is 4. The van der Waals surface area contributed by atoms with Crippen molar-refractivity contribution in [3.63, 3.8) is 0 Å². The number of hydrogen-bond donors (Lipinski definition) is 0. The fraction of sp³-hybridized carbons (Fsp3) is 0.391. The van der Waals surface area contributed by atoms with Crippen LogP contribution in [-0.4, -0.2) is 55.0 Å². The van der Waals surface area contributed by atoms with Crippen molar-refractivity contribution in [2.24, 2.45) is 5.92 Å². The number of likely N-dealkylation sites (tertiary alicyclic amines) is 1. The van der Waals surface area contributed by atoms with E-state index in [-0.39, 0.29) is 24.8 Å². The Labute approximate surface area is 179 Å². The lowest BCUT2D eigenvalue weighted by molar-refractivity contribution is -0.143. The van der Waals surface area contributed by atoms with Crippen molar-refractivity contribution in [3.05, 3.63) is 65.2 Å². The van der Waals surface area contributed by atoms with Crippen LogP contribution in [0.5, 0.6) is 5.75 Å². The third kappa shape index (κ3) is 4.69. The van der Waals surface area contributed by atoms with Crippen LogP contribution in [0, 0.1) is 17.6 Å². The van der Waals surface area contributed by atoms with Gasteiger partial charge in [0.25, 0.3) is 0 Å². The van der Waals surface area contributed by atoms with Crippen LogP contribution in [0.15, 0.2) is 42.5 Å². The first kappa shape index (κ1) is 21.2. The van der Waals surface area contributed by atoms with Crippen LogP contribution in [-0.2, 0) is 20.9 Å². The van der Waals surface area contributed by atoms with Gasteiger partial charge in [-0.2, -0.15) is 0 Å². The summed E-state index contributed by atoms with van der Waals surface area (Å²) < 4.78 is 37.6. The highest BCUT2D eigenvalue weighted by Crippen LogP contribution is 2.28. The second-order valence-electron chi connectivity index (χ2n) is 7.84. The van der Waals surface area contributed by atoms with E-state index in [0.717, 1.165) is 23.4 Å². The Morgan fingerprint density at radius 1 is 1.13 bits per heavy atom. The molecule has 2 heterocycles. The number of morpholine rings is 1. The molecule has 2 atom stereocenters. The summed E-state index contributed by atoms with van der Waals surface area (Å²) in [7, 11) is 1.60. The van der Waals surface area contributed by atoms with Gasteiger partial charge in [-0.1, -0.05) is 18.2 Å². The van der Waals surface area contributed by atoms with Crippen LogP contribution in [0.4, 0.5) is 8.78 Å². The van der Waals surface area contributed by atoms with Gasteiger partial charge in [0, 0.05) is 26.1 Å². The molecule has 4 rings (SSSR count). The fourth-order valence-corrected chi connectivity index (χ4v) is 4.06. The van der Waals surface area contributed by atoms with Gasteiger partial charge in [-0.25, -0.2) is 8.78 Å². The SMILES string of the molecule is COc1ccc(CN2CC(C(=O)N3CCOC(c4ccc(F)c(F)c4)C3)CC2=O)cc1. The Hall–Kier alpha value is -3.00. The molecular weight excluding hydrogens is 406 g/mol. The molecule has 2 aliphatic rings. The number of carbonyl (C=O) groups excluding carboxylic acids is 2. The molecule has 2 unspecified atom stereocenters. The van der Waals surface area contributed by atoms with E-state index in [2.05, 4.69) is 0 Å². The second-order valence-corrected chi connectivity index (χ2v) is 7.84. The molecule has 6 nitrogen and oxygen atoms in total. The summed E-state index contributed by atoms with van der Waals surface area (Å²) in [5.74, 6) is -1.71. The highest BCUT2D eigenvalue weighted by atomic mass is 19.2. The smallest absolute Gasteiger partial charge is 0.228 e. The van der Waals surface area contributed by atoms with Crippen molar-refractivity contribution < 1.29 is 27.8 Å². The molecule has 2 aliphatic heterocycles. The lowest BCUT2D eigenvalue weighted by atomic mass is 10.0. The Morgan fingerprint density at radius 3 is 2.61 bits per heavy atom. The van der Waals surface area contributed by atoms with Crippen LogP contribution < -0.4 is 4.74 Å². The van der Waals surface area contributed by atoms with Gasteiger partial charge in [-0.05, 0) is 35.4 Å². The molecule has 31 heavy (non-hydrogen) atoms. The highest BCUT2D eigenvalue weighted by Gasteiger charge is 2.38. The van der Waals surface area contributed by atoms with Crippen molar-refractivity contribution in [1.82, 2.24) is 9.80 Å². The lowest BCUT2D eigenvalue weighted by Gasteiger charge is -2.34. The van der Waals surface area contributed by atoms with E-state index in [1.807, 2.05) is 24.3 Å². The van der Waals surface area contributed by atoms with Crippen molar-refractivity contribution in [2.75, 3.05) is 33.4 Å². The summed E-state index contributed by atoms with van der Waals surface area (Å²) in [6.07, 6.45) is -0.359. The molecule has 0 N–H and O–H groups in total. The van der Waals surface area contributed by atoms with Gasteiger partial charge in [0.2, 0.25) is 11.8 Å². The predicted molar refractivity (Wildman–Crippen MR) is 108 cm³/mol. The largest absolute Gasteiger partial charge is 0.497 e. The van der Waals surface area contributed by atoms with Crippen LogP contribution >= 0.6 is 0 Å². The van der Waals surface area contributed by atoms with Crippen molar-refractivity contribution in [2.45, 2.75) is 19.1 Å². The number of nitrogens with zero attached hydrogens (tertiary/aromatic N) is 2. The maximum Gasteiger partial charge on any atom is 0.228 e. The molecule has 2 fully saturated rings. The topological polar surface area (TPSA) is 59.1 Å². The zero-order valence-electron chi connectivity index (χ0n) is 17.2. The molecule has 2 aromatic rings. The molecule has 0 radical (unpaired) electrons. The summed E-state index contributed by atoms with van der Waals surface area (Å²) in [6, 6.07) is 11.1. The van der Waals surface area contributed by atoms with Gasteiger partial charge in [0.05, 0.1) is 26.2 Å². The summed E-state index contributed by atoms with van der Waals surface area (Å²) >= 11 is 0. The third-order valence-electron chi connectivity index (χ3n) is 5.79. The molecule has 0 saturated carbocycles. The van der Waals surface area contributed by atoms with Gasteiger partial charge >= 0.3 is 0 Å². The summed E-state index contributed by atoms with van der Waals surface area (Å²) in [5.41, 5.74) is 1.45. The molecule has 2 aromatic carbocycles. The zero-order chi connectivity index (χ0) is 22.0. The third-order valence-corrected chi connectivity index (χ3v) is 5.79. The molecule has 0 bridgehead atoms. The average Bonchev–Trinajstić information content (AvgIpc) is 3.16. The van der Waals surface area contributed by atoms with Gasteiger partial charge in [-0.15, -0.1) is 0 Å². The normalized spacial score (nSPS) is 21.5. The number of amides is 2. The zero-order valence-corrected chi connectivity index (χ0v) is 17.2. The van der Waals surface area contributed by atoms with Gasteiger partial charge in [0.1, 0.15) is 11.9 Å². The molecular formula is C23H24F2N2O4. The fourth-order valence-electron chi connectivity index (χ4n) is 4.06. The standard InChI is InChI=1S/C23H24F2N2O4/c1-30-18-5-2-15(3-6-18)12-27-13-17(11-22(27)28)23(29)26-8-9-31-21(14-26)16-4-7-19(24)20(25)10-16/h2-7,10,17,21H,8-9,11-14H2,1H3. The van der Waals surface area contributed by atoms with E-state index in [9.17, 15) is 18.4 Å². The molecule has 2 amide bonds. The van der Waals surface area contributed by atoms with Gasteiger partial charge in [0.15, 0.2) is 11.6 Å². The average molecular weight is 430 g/mol. The van der Waals surface area contributed by atoms with Gasteiger partial charge < -0.3 is 19.3 Å². The van der Waals surface area contributed by atoms with Crippen LogP contribution in [0.1, 0.15) is 23.7 Å². The molecule has 0 aliphatic carbocycles. The van der Waals surface area contributed by atoms with E-state index in [0.29, 0.717) is 31.8 Å². The maximum atomic E-state index is 13.6. The Bertz CT molecular complexity index is 967. The maximum absolute atomic E-state index is 13.6. The number of ether oxygens (including phenoxy) is 2. The number of benzene rings is 2. The van der Waals surface area contributed by atoms with Gasteiger partial charge in [-0.3, -0.25) is 9.59 Å². The second kappa shape index (κ2) is 9.01. The number of rotatable bonds is 5. The van der Waals surface area contributed by atoms with Crippen LogP contribution in [0.25, 0.3) is 0 Å². The minimum absolute atomic E-state index is 0.0559. The van der Waals surface area contributed by atoms with Crippen molar-refractivity contribution in [1.29, 1.82) is 0 Å². The minimum atomic E-state index is -0.944. The molecule has 0 spiro atoms. The Morgan fingerprint density at radius 2 is 1.90 bits per heavy atom.